The number of benzene rings is 2. The van der Waals surface area contributed by atoms with E-state index in [1.807, 2.05) is 24.3 Å². The Morgan fingerprint density at radius 3 is 1.59 bits per heavy atom. The van der Waals surface area contributed by atoms with E-state index in [0.717, 1.165) is 16.9 Å². The first-order valence-corrected chi connectivity index (χ1v) is 7.88. The topological polar surface area (TPSA) is 18.5 Å². The van der Waals surface area contributed by atoms with Crippen molar-refractivity contribution < 1.29 is 52.5 Å². The molecule has 27 heavy (non-hydrogen) atoms. The van der Waals surface area contributed by atoms with Crippen LogP contribution in [0.2, 0.25) is 0 Å². The van der Waals surface area contributed by atoms with Crippen LogP contribution in [0.15, 0.2) is 48.5 Å². The van der Waals surface area contributed by atoms with E-state index in [0.29, 0.717) is 19.4 Å². The molecule has 148 valence electrons. The Balaban J connectivity index is 0.00000364. The third-order valence-electron chi connectivity index (χ3n) is 3.50. The number of hydrogen-bond donors (Lipinski definition) is 0. The summed E-state index contributed by atoms with van der Waals surface area (Å²) in [6.07, 6.45) is -4.38. The van der Waals surface area contributed by atoms with Gasteiger partial charge in [0.25, 0.3) is 0 Å². The second-order valence-corrected chi connectivity index (χ2v) is 5.66. The first-order chi connectivity index (χ1) is 12.2. The molecule has 0 saturated heterocycles. The summed E-state index contributed by atoms with van der Waals surface area (Å²) in [5.41, 5.74) is 1.87. The van der Waals surface area contributed by atoms with E-state index in [-0.39, 0.29) is 26.8 Å². The molecule has 0 fully saturated rings. The second-order valence-electron chi connectivity index (χ2n) is 5.66. The molecule has 0 bridgehead atoms. The van der Waals surface area contributed by atoms with Crippen LogP contribution in [0.3, 0.4) is 0 Å². The molecule has 0 aliphatic carbocycles. The molecule has 2 aromatic rings. The molecule has 0 saturated carbocycles. The summed E-state index contributed by atoms with van der Waals surface area (Å²) >= 11 is 0. The van der Waals surface area contributed by atoms with Crippen molar-refractivity contribution >= 4 is 0 Å². The number of ether oxygens (including phenoxy) is 2. The van der Waals surface area contributed by atoms with E-state index in [1.165, 1.54) is 12.1 Å². The van der Waals surface area contributed by atoms with Gasteiger partial charge in [-0.2, -0.15) is 22.0 Å². The average molecular weight is 557 g/mol. The normalized spacial score (nSPS) is 11.6. The molecule has 2 rings (SSSR count). The third kappa shape index (κ3) is 7.13. The van der Waals surface area contributed by atoms with Crippen molar-refractivity contribution in [2.75, 3.05) is 13.2 Å². The van der Waals surface area contributed by atoms with Gasteiger partial charge in [-0.1, -0.05) is 24.3 Å². The molecule has 2 nitrogen and oxygen atoms in total. The Morgan fingerprint density at radius 1 is 0.741 bits per heavy atom. The summed E-state index contributed by atoms with van der Waals surface area (Å²) in [4.78, 5) is 0. The minimum absolute atomic E-state index is 0. The van der Waals surface area contributed by atoms with E-state index in [9.17, 15) is 22.0 Å². The van der Waals surface area contributed by atoms with Gasteiger partial charge in [0.2, 0.25) is 0 Å². The Morgan fingerprint density at radius 2 is 1.19 bits per heavy atom. The van der Waals surface area contributed by atoms with E-state index < -0.39 is 18.7 Å². The van der Waals surface area contributed by atoms with Gasteiger partial charge in [-0.3, -0.25) is 0 Å². The standard InChI is InChI=1S/C19H18F5O2.W/c1-2-11-25-16-7-3-14(4-8-16)12-15-5-9-17(10-6-15)26-13-18(20,21)19(22,23)24;/h3-10H,1-2,11-13H2;/q-1;. The van der Waals surface area contributed by atoms with Gasteiger partial charge in [-0.15, -0.1) is 6.42 Å². The summed E-state index contributed by atoms with van der Waals surface area (Å²) in [7, 11) is 0. The maximum atomic E-state index is 12.8. The van der Waals surface area contributed by atoms with E-state index in [2.05, 4.69) is 11.7 Å². The van der Waals surface area contributed by atoms with Crippen LogP contribution in [0.25, 0.3) is 0 Å². The van der Waals surface area contributed by atoms with Gasteiger partial charge in [0.1, 0.15) is 11.5 Å². The molecule has 0 spiro atoms. The van der Waals surface area contributed by atoms with Crippen molar-refractivity contribution in [3.8, 4) is 11.5 Å². The van der Waals surface area contributed by atoms with Crippen LogP contribution in [-0.4, -0.2) is 25.3 Å². The number of alkyl halides is 5. The predicted molar refractivity (Wildman–Crippen MR) is 87.7 cm³/mol. The van der Waals surface area contributed by atoms with Crippen molar-refractivity contribution in [1.82, 2.24) is 0 Å². The molecule has 0 unspecified atom stereocenters. The molecular formula is C19H18F5O2W-. The zero-order chi connectivity index (χ0) is 19.2. The van der Waals surface area contributed by atoms with Crippen molar-refractivity contribution in [2.24, 2.45) is 0 Å². The SMILES string of the molecule is [CH2-]CCOc1ccc(Cc2ccc(OCC(F)(F)C(F)(F)F)cc2)cc1.[W]. The van der Waals surface area contributed by atoms with Gasteiger partial charge >= 0.3 is 12.1 Å². The third-order valence-corrected chi connectivity index (χ3v) is 3.50. The Bertz CT molecular complexity index is 685. The molecule has 0 aliphatic rings. The van der Waals surface area contributed by atoms with Crippen molar-refractivity contribution in [3.63, 3.8) is 0 Å². The number of rotatable bonds is 8. The van der Waals surface area contributed by atoms with E-state index in [1.54, 1.807) is 12.1 Å². The van der Waals surface area contributed by atoms with Gasteiger partial charge in [-0.25, -0.2) is 0 Å². The van der Waals surface area contributed by atoms with E-state index in [4.69, 9.17) is 4.74 Å². The average Bonchev–Trinajstić information content (AvgIpc) is 2.60. The first-order valence-electron chi connectivity index (χ1n) is 7.88. The maximum absolute atomic E-state index is 12.8. The molecule has 0 radical (unpaired) electrons. The van der Waals surface area contributed by atoms with Crippen molar-refractivity contribution in [1.29, 1.82) is 0 Å². The predicted octanol–water partition coefficient (Wildman–Crippen LogP) is 5.45. The Kier molecular flexibility index (Phi) is 8.73. The molecule has 0 N–H and O–H groups in total. The fourth-order valence-corrected chi connectivity index (χ4v) is 2.09. The fourth-order valence-electron chi connectivity index (χ4n) is 2.09. The fraction of sp³-hybridized carbons (Fsp3) is 0.316. The van der Waals surface area contributed by atoms with Crippen LogP contribution < -0.4 is 9.47 Å². The van der Waals surface area contributed by atoms with Crippen LogP contribution in [0.4, 0.5) is 22.0 Å². The minimum Gasteiger partial charge on any atom is -0.496 e. The molecule has 0 heterocycles. The van der Waals surface area contributed by atoms with Gasteiger partial charge in [0.05, 0.1) is 6.61 Å². The summed E-state index contributed by atoms with van der Waals surface area (Å²) < 4.78 is 71.9. The van der Waals surface area contributed by atoms with Gasteiger partial charge in [0, 0.05) is 21.1 Å². The zero-order valence-electron chi connectivity index (χ0n) is 14.3. The van der Waals surface area contributed by atoms with Crippen LogP contribution >= 0.6 is 0 Å². The molecule has 0 atom stereocenters. The van der Waals surface area contributed by atoms with Crippen LogP contribution in [0.1, 0.15) is 17.5 Å². The molecule has 2 aromatic carbocycles. The Labute approximate surface area is 168 Å². The van der Waals surface area contributed by atoms with Crippen molar-refractivity contribution in [3.05, 3.63) is 66.6 Å². The van der Waals surface area contributed by atoms with Crippen LogP contribution in [0.5, 0.6) is 11.5 Å². The quantitative estimate of drug-likeness (QED) is 0.318. The van der Waals surface area contributed by atoms with Crippen molar-refractivity contribution in [2.45, 2.75) is 24.9 Å². The molecule has 0 amide bonds. The second kappa shape index (κ2) is 10.1. The first kappa shape index (κ1) is 23.4. The number of halogens is 5. The van der Waals surface area contributed by atoms with E-state index >= 15 is 0 Å². The van der Waals surface area contributed by atoms with Crippen LogP contribution in [-0.2, 0) is 27.5 Å². The molecule has 0 aromatic heterocycles. The summed E-state index contributed by atoms with van der Waals surface area (Å²) in [5.74, 6) is -4.19. The smallest absolute Gasteiger partial charge is 0.456 e. The van der Waals surface area contributed by atoms with Gasteiger partial charge in [-0.05, 0) is 41.8 Å². The molecule has 0 aliphatic heterocycles. The van der Waals surface area contributed by atoms with Gasteiger partial charge < -0.3 is 16.4 Å². The van der Waals surface area contributed by atoms with Crippen LogP contribution in [0, 0.1) is 6.92 Å². The maximum Gasteiger partial charge on any atom is 0.456 e. The summed E-state index contributed by atoms with van der Waals surface area (Å²) in [6.45, 7) is 2.48. The zero-order valence-corrected chi connectivity index (χ0v) is 17.2. The summed E-state index contributed by atoms with van der Waals surface area (Å²) in [5, 5.41) is 0. The molecular weight excluding hydrogens is 539 g/mol. The Hall–Kier alpha value is -1.62. The monoisotopic (exact) mass is 557 g/mol. The number of hydrogen-bond acceptors (Lipinski definition) is 2. The van der Waals surface area contributed by atoms with Gasteiger partial charge in [0.15, 0.2) is 6.61 Å². The minimum atomic E-state index is -5.63. The largest absolute Gasteiger partial charge is 0.496 e. The molecule has 8 heteroatoms. The summed E-state index contributed by atoms with van der Waals surface area (Å²) in [6, 6.07) is 13.4.